The van der Waals surface area contributed by atoms with Crippen molar-refractivity contribution in [2.24, 2.45) is 4.99 Å². The molecule has 0 aliphatic carbocycles. The number of nitrogens with one attached hydrogen (secondary N) is 3. The molecule has 8 nitrogen and oxygen atoms in total. The maximum absolute atomic E-state index is 12.4. The number of hydrogen-bond acceptors (Lipinski definition) is 5. The van der Waals surface area contributed by atoms with Crippen LogP contribution in [0.5, 0.6) is 5.75 Å². The van der Waals surface area contributed by atoms with Crippen molar-refractivity contribution in [3.05, 3.63) is 59.7 Å². The summed E-state index contributed by atoms with van der Waals surface area (Å²) in [6, 6.07) is 14.7. The Balaban J connectivity index is 0.00000512. The van der Waals surface area contributed by atoms with Gasteiger partial charge in [-0.2, -0.15) is 0 Å². The quantitative estimate of drug-likeness (QED) is 0.156. The van der Waals surface area contributed by atoms with Gasteiger partial charge >= 0.3 is 0 Å². The van der Waals surface area contributed by atoms with Gasteiger partial charge in [0.1, 0.15) is 5.75 Å². The number of rotatable bonds is 12. The van der Waals surface area contributed by atoms with Crippen LogP contribution in [0.3, 0.4) is 0 Å². The van der Waals surface area contributed by atoms with Gasteiger partial charge in [0.25, 0.3) is 0 Å². The number of para-hydroxylation sites is 1. The molecule has 0 aliphatic heterocycles. The van der Waals surface area contributed by atoms with Gasteiger partial charge in [0.05, 0.1) is 25.2 Å². The van der Waals surface area contributed by atoms with Gasteiger partial charge in [-0.25, -0.2) is 18.1 Å². The Hall–Kier alpha value is -1.89. The normalized spacial score (nSPS) is 11.5. The van der Waals surface area contributed by atoms with E-state index in [1.165, 1.54) is 7.11 Å². The van der Waals surface area contributed by atoms with Gasteiger partial charge in [-0.1, -0.05) is 30.3 Å². The van der Waals surface area contributed by atoms with E-state index in [-0.39, 0.29) is 35.4 Å². The van der Waals surface area contributed by atoms with E-state index >= 15 is 0 Å². The maximum atomic E-state index is 12.4. The summed E-state index contributed by atoms with van der Waals surface area (Å²) in [5.74, 6) is 1.53. The highest BCUT2D eigenvalue weighted by atomic mass is 127. The van der Waals surface area contributed by atoms with Crippen molar-refractivity contribution in [1.29, 1.82) is 0 Å². The zero-order valence-electron chi connectivity index (χ0n) is 18.8. The van der Waals surface area contributed by atoms with Gasteiger partial charge < -0.3 is 20.1 Å². The van der Waals surface area contributed by atoms with Crippen LogP contribution in [-0.2, 0) is 27.7 Å². The smallest absolute Gasteiger partial charge is 0.240 e. The first kappa shape index (κ1) is 28.1. The van der Waals surface area contributed by atoms with Crippen molar-refractivity contribution in [2.75, 3.05) is 40.5 Å². The molecule has 2 rings (SSSR count). The van der Waals surface area contributed by atoms with Crippen molar-refractivity contribution in [2.45, 2.75) is 24.8 Å². The standard InChI is InChI=1S/C22H32N4O4S.HI/c1-4-23-22(24-13-12-19-9-5-6-11-21(19)30-3)25-17-18-8-7-10-20(16-18)31(27,28)26-14-15-29-2;/h5-11,16,26H,4,12-15,17H2,1-3H3,(H2,23,24,25);1H. The molecule has 10 heteroatoms. The Bertz CT molecular complexity index is 954. The number of hydrogen-bond donors (Lipinski definition) is 3. The zero-order valence-corrected chi connectivity index (χ0v) is 21.9. The third kappa shape index (κ3) is 9.31. The number of halogens is 1. The van der Waals surface area contributed by atoms with Crippen LogP contribution in [0.1, 0.15) is 18.1 Å². The summed E-state index contributed by atoms with van der Waals surface area (Å²) < 4.78 is 37.6. The molecule has 0 saturated carbocycles. The molecule has 0 spiro atoms. The van der Waals surface area contributed by atoms with Crippen molar-refractivity contribution in [3.8, 4) is 5.75 Å². The van der Waals surface area contributed by atoms with Crippen molar-refractivity contribution >= 4 is 40.0 Å². The SMILES string of the molecule is CCNC(=NCc1cccc(S(=O)(=O)NCCOC)c1)NCCc1ccccc1OC.I. The van der Waals surface area contributed by atoms with Crippen LogP contribution >= 0.6 is 24.0 Å². The maximum Gasteiger partial charge on any atom is 0.240 e. The highest BCUT2D eigenvalue weighted by Crippen LogP contribution is 2.17. The lowest BCUT2D eigenvalue weighted by Gasteiger charge is -2.13. The average Bonchev–Trinajstić information content (AvgIpc) is 2.78. The minimum atomic E-state index is -3.58. The molecule has 0 aliphatic rings. The summed E-state index contributed by atoms with van der Waals surface area (Å²) in [5.41, 5.74) is 1.92. The molecule has 2 aromatic carbocycles. The van der Waals surface area contributed by atoms with Crippen LogP contribution in [0, 0.1) is 0 Å². The largest absolute Gasteiger partial charge is 0.496 e. The van der Waals surface area contributed by atoms with Crippen LogP contribution in [-0.4, -0.2) is 54.8 Å². The summed E-state index contributed by atoms with van der Waals surface area (Å²) >= 11 is 0. The molecule has 0 heterocycles. The third-order valence-corrected chi connectivity index (χ3v) is 5.91. The second kappa shape index (κ2) is 15.0. The molecule has 2 aromatic rings. The first-order valence-electron chi connectivity index (χ1n) is 10.2. The minimum absolute atomic E-state index is 0. The predicted octanol–water partition coefficient (Wildman–Crippen LogP) is 2.54. The Morgan fingerprint density at radius 3 is 2.53 bits per heavy atom. The van der Waals surface area contributed by atoms with Crippen LogP contribution in [0.2, 0.25) is 0 Å². The van der Waals surface area contributed by atoms with Gasteiger partial charge in [-0.15, -0.1) is 24.0 Å². The van der Waals surface area contributed by atoms with Crippen molar-refractivity contribution in [1.82, 2.24) is 15.4 Å². The number of nitrogens with zero attached hydrogens (tertiary/aromatic N) is 1. The van der Waals surface area contributed by atoms with E-state index in [4.69, 9.17) is 9.47 Å². The topological polar surface area (TPSA) is 101 Å². The first-order valence-corrected chi connectivity index (χ1v) is 11.7. The van der Waals surface area contributed by atoms with Gasteiger partial charge in [0.15, 0.2) is 5.96 Å². The molecular weight excluding hydrogens is 543 g/mol. The lowest BCUT2D eigenvalue weighted by atomic mass is 10.1. The predicted molar refractivity (Wildman–Crippen MR) is 138 cm³/mol. The highest BCUT2D eigenvalue weighted by molar-refractivity contribution is 14.0. The van der Waals surface area contributed by atoms with Gasteiger partial charge in [-0.3, -0.25) is 0 Å². The molecule has 32 heavy (non-hydrogen) atoms. The molecule has 0 radical (unpaired) electrons. The fourth-order valence-corrected chi connectivity index (χ4v) is 3.99. The van der Waals surface area contributed by atoms with Crippen LogP contribution in [0.4, 0.5) is 0 Å². The van der Waals surface area contributed by atoms with E-state index in [1.54, 1.807) is 25.3 Å². The molecule has 0 bridgehead atoms. The molecule has 0 saturated heterocycles. The second-order valence-electron chi connectivity index (χ2n) is 6.72. The van der Waals surface area contributed by atoms with E-state index in [0.29, 0.717) is 25.7 Å². The summed E-state index contributed by atoms with van der Waals surface area (Å²) in [6.07, 6.45) is 0.787. The molecular formula is C22H33IN4O4S. The third-order valence-electron chi connectivity index (χ3n) is 4.45. The number of guanidine groups is 1. The van der Waals surface area contributed by atoms with E-state index in [2.05, 4.69) is 20.3 Å². The fraction of sp³-hybridized carbons (Fsp3) is 0.409. The summed E-state index contributed by atoms with van der Waals surface area (Å²) in [7, 11) is -0.384. The second-order valence-corrected chi connectivity index (χ2v) is 8.49. The van der Waals surface area contributed by atoms with E-state index in [1.807, 2.05) is 37.3 Å². The molecule has 0 aromatic heterocycles. The van der Waals surface area contributed by atoms with E-state index < -0.39 is 10.0 Å². The van der Waals surface area contributed by atoms with Crippen LogP contribution < -0.4 is 20.1 Å². The van der Waals surface area contributed by atoms with E-state index in [9.17, 15) is 8.42 Å². The first-order chi connectivity index (χ1) is 15.0. The Kier molecular flexibility index (Phi) is 13.2. The summed E-state index contributed by atoms with van der Waals surface area (Å²) in [6.45, 7) is 4.29. The molecule has 0 unspecified atom stereocenters. The molecule has 3 N–H and O–H groups in total. The summed E-state index contributed by atoms with van der Waals surface area (Å²) in [4.78, 5) is 4.80. The van der Waals surface area contributed by atoms with Crippen molar-refractivity contribution in [3.63, 3.8) is 0 Å². The number of benzene rings is 2. The Morgan fingerprint density at radius 1 is 1.03 bits per heavy atom. The average molecular weight is 577 g/mol. The lowest BCUT2D eigenvalue weighted by molar-refractivity contribution is 0.204. The monoisotopic (exact) mass is 576 g/mol. The van der Waals surface area contributed by atoms with E-state index in [0.717, 1.165) is 29.8 Å². The summed E-state index contributed by atoms with van der Waals surface area (Å²) in [5, 5.41) is 6.52. The lowest BCUT2D eigenvalue weighted by Crippen LogP contribution is -2.38. The molecule has 0 fully saturated rings. The van der Waals surface area contributed by atoms with Gasteiger partial charge in [-0.05, 0) is 42.7 Å². The highest BCUT2D eigenvalue weighted by Gasteiger charge is 2.13. The van der Waals surface area contributed by atoms with Gasteiger partial charge in [0.2, 0.25) is 10.0 Å². The fourth-order valence-electron chi connectivity index (χ4n) is 2.91. The van der Waals surface area contributed by atoms with Gasteiger partial charge in [0, 0.05) is 26.7 Å². The zero-order chi connectivity index (χ0) is 22.5. The number of sulfonamides is 1. The number of aliphatic imine (C=N–C) groups is 1. The number of methoxy groups -OCH3 is 2. The van der Waals surface area contributed by atoms with Crippen LogP contribution in [0.25, 0.3) is 0 Å². The van der Waals surface area contributed by atoms with Crippen molar-refractivity contribution < 1.29 is 17.9 Å². The Labute approximate surface area is 208 Å². The molecule has 178 valence electrons. The molecule has 0 amide bonds. The minimum Gasteiger partial charge on any atom is -0.496 e. The number of ether oxygens (including phenoxy) is 2. The molecule has 0 atom stereocenters. The van der Waals surface area contributed by atoms with Crippen LogP contribution in [0.15, 0.2) is 58.4 Å². The Morgan fingerprint density at radius 2 is 1.81 bits per heavy atom.